The van der Waals surface area contributed by atoms with Crippen molar-refractivity contribution < 1.29 is 24.2 Å². The largest absolute Gasteiger partial charge is 0.493 e. The van der Waals surface area contributed by atoms with Crippen LogP contribution in [-0.2, 0) is 27.2 Å². The molecule has 33 heavy (non-hydrogen) atoms. The predicted molar refractivity (Wildman–Crippen MR) is 127 cm³/mol. The Hall–Kier alpha value is -2.86. The highest BCUT2D eigenvalue weighted by atomic mass is 16.5. The van der Waals surface area contributed by atoms with Crippen LogP contribution >= 0.6 is 0 Å². The number of hydrogen-bond acceptors (Lipinski definition) is 5. The molecule has 0 aromatic heterocycles. The SMILES string of the molecule is CN(C)C1(C(=O)OCCCOc2ccccc2CCc2ccccc2)CCCCC1C(=O)O. The van der Waals surface area contributed by atoms with Crippen LogP contribution in [0.2, 0.25) is 0 Å². The van der Waals surface area contributed by atoms with Crippen molar-refractivity contribution in [2.45, 2.75) is 50.5 Å². The maximum atomic E-state index is 13.0. The van der Waals surface area contributed by atoms with Crippen LogP contribution in [0.4, 0.5) is 0 Å². The number of esters is 1. The zero-order chi connectivity index (χ0) is 23.7. The topological polar surface area (TPSA) is 76.1 Å². The van der Waals surface area contributed by atoms with Gasteiger partial charge in [-0.15, -0.1) is 0 Å². The molecule has 0 saturated heterocycles. The van der Waals surface area contributed by atoms with E-state index in [9.17, 15) is 14.7 Å². The van der Waals surface area contributed by atoms with Crippen molar-refractivity contribution in [1.29, 1.82) is 0 Å². The maximum absolute atomic E-state index is 13.0. The summed E-state index contributed by atoms with van der Waals surface area (Å²) in [6.45, 7) is 0.625. The van der Waals surface area contributed by atoms with Crippen molar-refractivity contribution >= 4 is 11.9 Å². The molecule has 0 spiro atoms. The molecule has 0 aliphatic heterocycles. The second-order valence-electron chi connectivity index (χ2n) is 8.89. The first kappa shape index (κ1) is 24.8. The molecular formula is C27H35NO5. The summed E-state index contributed by atoms with van der Waals surface area (Å²) in [5.41, 5.74) is 1.34. The van der Waals surface area contributed by atoms with Crippen molar-refractivity contribution in [1.82, 2.24) is 4.90 Å². The van der Waals surface area contributed by atoms with Gasteiger partial charge in [0.05, 0.1) is 19.1 Å². The third kappa shape index (κ3) is 6.14. The number of benzene rings is 2. The standard InChI is InChI=1S/C27H35NO5/c1-28(2)27(18-9-8-14-23(27)25(29)30)26(31)33-20-10-19-32-24-15-7-6-13-22(24)17-16-21-11-4-3-5-12-21/h3-7,11-13,15,23H,8-10,14,16-20H2,1-2H3,(H,29,30). The Morgan fingerprint density at radius 2 is 1.73 bits per heavy atom. The molecule has 1 N–H and O–H groups in total. The molecule has 0 bridgehead atoms. The Balaban J connectivity index is 1.50. The lowest BCUT2D eigenvalue weighted by atomic mass is 9.71. The van der Waals surface area contributed by atoms with E-state index in [2.05, 4.69) is 18.2 Å². The van der Waals surface area contributed by atoms with E-state index < -0.39 is 23.4 Å². The van der Waals surface area contributed by atoms with E-state index >= 15 is 0 Å². The van der Waals surface area contributed by atoms with Crippen LogP contribution in [-0.4, -0.2) is 54.8 Å². The monoisotopic (exact) mass is 453 g/mol. The van der Waals surface area contributed by atoms with Crippen molar-refractivity contribution in [3.63, 3.8) is 0 Å². The van der Waals surface area contributed by atoms with Gasteiger partial charge in [0.1, 0.15) is 11.3 Å². The summed E-state index contributed by atoms with van der Waals surface area (Å²) in [5, 5.41) is 9.70. The molecule has 1 saturated carbocycles. The molecule has 2 aromatic rings. The number of hydrogen-bond donors (Lipinski definition) is 1. The molecule has 0 amide bonds. The first-order valence-corrected chi connectivity index (χ1v) is 11.8. The maximum Gasteiger partial charge on any atom is 0.327 e. The summed E-state index contributed by atoms with van der Waals surface area (Å²) >= 11 is 0. The predicted octanol–water partition coefficient (Wildman–Crippen LogP) is 4.36. The van der Waals surface area contributed by atoms with Crippen LogP contribution < -0.4 is 4.74 Å². The molecule has 2 aromatic carbocycles. The van der Waals surface area contributed by atoms with E-state index in [4.69, 9.17) is 9.47 Å². The van der Waals surface area contributed by atoms with Gasteiger partial charge in [0.15, 0.2) is 0 Å². The lowest BCUT2D eigenvalue weighted by molar-refractivity contribution is -0.172. The number of aliphatic carboxylic acids is 1. The smallest absolute Gasteiger partial charge is 0.327 e. The average molecular weight is 454 g/mol. The van der Waals surface area contributed by atoms with Gasteiger partial charge in [-0.1, -0.05) is 61.4 Å². The minimum absolute atomic E-state index is 0.201. The van der Waals surface area contributed by atoms with Gasteiger partial charge in [0.25, 0.3) is 0 Å². The molecule has 178 valence electrons. The molecule has 0 heterocycles. The summed E-state index contributed by atoms with van der Waals surface area (Å²) in [4.78, 5) is 26.6. The number of carboxylic acid groups (broad SMARTS) is 1. The van der Waals surface area contributed by atoms with Crippen LogP contribution in [0, 0.1) is 5.92 Å². The van der Waals surface area contributed by atoms with Gasteiger partial charge in [0, 0.05) is 6.42 Å². The quantitative estimate of drug-likeness (QED) is 0.402. The van der Waals surface area contributed by atoms with Crippen molar-refractivity contribution in [2.24, 2.45) is 5.92 Å². The molecule has 1 aliphatic carbocycles. The first-order chi connectivity index (χ1) is 15.9. The second-order valence-corrected chi connectivity index (χ2v) is 8.89. The molecule has 2 atom stereocenters. The molecule has 2 unspecified atom stereocenters. The van der Waals surface area contributed by atoms with Gasteiger partial charge >= 0.3 is 11.9 Å². The number of carbonyl (C=O) groups excluding carboxylic acids is 1. The number of para-hydroxylation sites is 1. The Labute approximate surface area is 196 Å². The fourth-order valence-electron chi connectivity index (χ4n) is 4.75. The van der Waals surface area contributed by atoms with E-state index in [-0.39, 0.29) is 6.61 Å². The van der Waals surface area contributed by atoms with Gasteiger partial charge in [-0.3, -0.25) is 14.5 Å². The molecular weight excluding hydrogens is 418 g/mol. The third-order valence-electron chi connectivity index (χ3n) is 6.60. The summed E-state index contributed by atoms with van der Waals surface area (Å²) in [5.74, 6) is -1.28. The average Bonchev–Trinajstić information content (AvgIpc) is 2.83. The first-order valence-electron chi connectivity index (χ1n) is 11.8. The summed E-state index contributed by atoms with van der Waals surface area (Å²) < 4.78 is 11.6. The Kier molecular flexibility index (Phi) is 8.89. The molecule has 0 radical (unpaired) electrons. The van der Waals surface area contributed by atoms with Crippen LogP contribution in [0.3, 0.4) is 0 Å². The molecule has 1 aliphatic rings. The summed E-state index contributed by atoms with van der Waals surface area (Å²) in [6.07, 6.45) is 5.00. The van der Waals surface area contributed by atoms with Crippen molar-refractivity contribution in [2.75, 3.05) is 27.3 Å². The molecule has 3 rings (SSSR count). The van der Waals surface area contributed by atoms with E-state index in [1.54, 1.807) is 19.0 Å². The minimum Gasteiger partial charge on any atom is -0.493 e. The highest BCUT2D eigenvalue weighted by molar-refractivity contribution is 5.88. The van der Waals surface area contributed by atoms with Crippen LogP contribution in [0.15, 0.2) is 54.6 Å². The van der Waals surface area contributed by atoms with Crippen molar-refractivity contribution in [3.8, 4) is 5.75 Å². The number of carboxylic acids is 1. The Morgan fingerprint density at radius 3 is 2.45 bits per heavy atom. The van der Waals surface area contributed by atoms with Gasteiger partial charge in [0.2, 0.25) is 0 Å². The lowest BCUT2D eigenvalue weighted by Crippen LogP contribution is -2.60. The van der Waals surface area contributed by atoms with Crippen molar-refractivity contribution in [3.05, 3.63) is 65.7 Å². The van der Waals surface area contributed by atoms with Gasteiger partial charge in [-0.2, -0.15) is 0 Å². The summed E-state index contributed by atoms with van der Waals surface area (Å²) in [7, 11) is 3.52. The Bertz CT molecular complexity index is 914. The highest BCUT2D eigenvalue weighted by Gasteiger charge is 2.53. The second kappa shape index (κ2) is 11.8. The van der Waals surface area contributed by atoms with Gasteiger partial charge in [-0.25, -0.2) is 0 Å². The molecule has 6 nitrogen and oxygen atoms in total. The van der Waals surface area contributed by atoms with Crippen LogP contribution in [0.5, 0.6) is 5.75 Å². The molecule has 1 fully saturated rings. The highest BCUT2D eigenvalue weighted by Crippen LogP contribution is 2.38. The number of nitrogens with zero attached hydrogens (tertiary/aromatic N) is 1. The zero-order valence-electron chi connectivity index (χ0n) is 19.7. The Morgan fingerprint density at radius 1 is 1.00 bits per heavy atom. The van der Waals surface area contributed by atoms with E-state index in [1.165, 1.54) is 5.56 Å². The number of aryl methyl sites for hydroxylation is 2. The fraction of sp³-hybridized carbons (Fsp3) is 0.481. The lowest BCUT2D eigenvalue weighted by Gasteiger charge is -2.44. The number of rotatable bonds is 11. The number of carbonyl (C=O) groups is 2. The van der Waals surface area contributed by atoms with Gasteiger partial charge in [-0.05, 0) is 57.0 Å². The normalized spacial score (nSPS) is 20.4. The third-order valence-corrected chi connectivity index (χ3v) is 6.60. The minimum atomic E-state index is -1.10. The zero-order valence-corrected chi connectivity index (χ0v) is 19.7. The summed E-state index contributed by atoms with van der Waals surface area (Å²) in [6, 6.07) is 18.4. The van der Waals surface area contributed by atoms with Crippen LogP contribution in [0.25, 0.3) is 0 Å². The van der Waals surface area contributed by atoms with Gasteiger partial charge < -0.3 is 14.6 Å². The van der Waals surface area contributed by atoms with E-state index in [0.29, 0.717) is 25.9 Å². The number of likely N-dealkylation sites (N-methyl/N-ethyl adjacent to an activating group) is 1. The van der Waals surface area contributed by atoms with E-state index in [1.807, 2.05) is 36.4 Å². The molecule has 6 heteroatoms. The van der Waals surface area contributed by atoms with E-state index in [0.717, 1.165) is 37.0 Å². The fourth-order valence-corrected chi connectivity index (χ4v) is 4.75. The van der Waals surface area contributed by atoms with Crippen LogP contribution in [0.1, 0.15) is 43.2 Å². The number of ether oxygens (including phenoxy) is 2.